The number of rotatable bonds is 8. The Balaban J connectivity index is 0. The molecule has 0 heterocycles. The molecule has 0 aliphatic carbocycles. The van der Waals surface area contributed by atoms with E-state index in [4.69, 9.17) is 0 Å². The maximum Gasteiger partial charge on any atom is 0.00386 e. The van der Waals surface area contributed by atoms with Crippen molar-refractivity contribution in [2.75, 3.05) is 14.1 Å². The van der Waals surface area contributed by atoms with Crippen LogP contribution >= 0.6 is 0 Å². The van der Waals surface area contributed by atoms with Crippen molar-refractivity contribution in [2.24, 2.45) is 0 Å². The lowest BCUT2D eigenvalue weighted by molar-refractivity contribution is 0.570. The molecule has 0 saturated carbocycles. The minimum atomic E-state index is 0.649. The molecule has 2 unspecified atom stereocenters. The lowest BCUT2D eigenvalue weighted by atomic mass is 10.1. The van der Waals surface area contributed by atoms with Gasteiger partial charge in [0.05, 0.1) is 0 Å². The average molecular weight is 283 g/mol. The highest BCUT2D eigenvalue weighted by molar-refractivity contribution is 4.93. The molecule has 0 rings (SSSR count). The molecule has 2 heteroatoms. The fourth-order valence-electron chi connectivity index (χ4n) is 1.53. The minimum absolute atomic E-state index is 0.649. The first-order valence-corrected chi connectivity index (χ1v) is 7.94. The van der Waals surface area contributed by atoms with Gasteiger partial charge in [0, 0.05) is 12.1 Å². The number of allylic oxidation sites excluding steroid dienone is 4. The SMILES string of the molecule is CNC(C)CCC=C(C)C.CNC(C)CCC=C(C)C. The molecule has 0 amide bonds. The molecule has 2 nitrogen and oxygen atoms in total. The van der Waals surface area contributed by atoms with E-state index in [1.54, 1.807) is 0 Å². The molecule has 0 radical (unpaired) electrons. The van der Waals surface area contributed by atoms with Crippen molar-refractivity contribution in [1.82, 2.24) is 10.6 Å². The fraction of sp³-hybridized carbons (Fsp3) is 0.778. The van der Waals surface area contributed by atoms with Gasteiger partial charge in [-0.05, 0) is 81.3 Å². The van der Waals surface area contributed by atoms with Gasteiger partial charge in [0.1, 0.15) is 0 Å². The summed E-state index contributed by atoms with van der Waals surface area (Å²) in [6, 6.07) is 1.30. The zero-order chi connectivity index (χ0) is 16.0. The second kappa shape index (κ2) is 14.8. The van der Waals surface area contributed by atoms with Crippen LogP contribution in [-0.2, 0) is 0 Å². The summed E-state index contributed by atoms with van der Waals surface area (Å²) < 4.78 is 0. The Morgan fingerprint density at radius 1 is 0.750 bits per heavy atom. The number of hydrogen-bond acceptors (Lipinski definition) is 2. The Labute approximate surface area is 128 Å². The Hall–Kier alpha value is -0.600. The van der Waals surface area contributed by atoms with Crippen molar-refractivity contribution < 1.29 is 0 Å². The summed E-state index contributed by atoms with van der Waals surface area (Å²) in [6.07, 6.45) is 9.44. The highest BCUT2D eigenvalue weighted by Crippen LogP contribution is 2.00. The first-order valence-electron chi connectivity index (χ1n) is 7.94. The molecule has 2 atom stereocenters. The van der Waals surface area contributed by atoms with Crippen LogP contribution in [0.5, 0.6) is 0 Å². The smallest absolute Gasteiger partial charge is 0.00386 e. The van der Waals surface area contributed by atoms with Crippen LogP contribution < -0.4 is 10.6 Å². The first kappa shape index (κ1) is 21.7. The predicted octanol–water partition coefficient (Wildman–Crippen LogP) is 4.68. The summed E-state index contributed by atoms with van der Waals surface area (Å²) in [6.45, 7) is 13.0. The van der Waals surface area contributed by atoms with Crippen molar-refractivity contribution in [3.8, 4) is 0 Å². The molecule has 0 aliphatic rings. The lowest BCUT2D eigenvalue weighted by Crippen LogP contribution is -2.20. The van der Waals surface area contributed by atoms with Crippen molar-refractivity contribution in [3.05, 3.63) is 23.3 Å². The van der Waals surface area contributed by atoms with Crippen molar-refractivity contribution in [2.45, 2.75) is 79.3 Å². The molecule has 0 bridgehead atoms. The third kappa shape index (κ3) is 19.7. The van der Waals surface area contributed by atoms with E-state index in [1.165, 1.54) is 36.8 Å². The molecule has 20 heavy (non-hydrogen) atoms. The van der Waals surface area contributed by atoms with Gasteiger partial charge in [0.2, 0.25) is 0 Å². The quantitative estimate of drug-likeness (QED) is 0.632. The normalized spacial score (nSPS) is 12.8. The van der Waals surface area contributed by atoms with Crippen LogP contribution in [0.4, 0.5) is 0 Å². The molecule has 0 fully saturated rings. The van der Waals surface area contributed by atoms with Crippen molar-refractivity contribution >= 4 is 0 Å². The average Bonchev–Trinajstić information content (AvgIpc) is 2.38. The van der Waals surface area contributed by atoms with E-state index in [1.807, 2.05) is 14.1 Å². The predicted molar refractivity (Wildman–Crippen MR) is 94.4 cm³/mol. The summed E-state index contributed by atoms with van der Waals surface area (Å²) in [5, 5.41) is 6.42. The topological polar surface area (TPSA) is 24.1 Å². The second-order valence-electron chi connectivity index (χ2n) is 6.10. The Morgan fingerprint density at radius 3 is 1.25 bits per heavy atom. The molecular weight excluding hydrogens is 244 g/mol. The van der Waals surface area contributed by atoms with Crippen molar-refractivity contribution in [1.29, 1.82) is 0 Å². The highest BCUT2D eigenvalue weighted by Gasteiger charge is 1.94. The van der Waals surface area contributed by atoms with Crippen molar-refractivity contribution in [3.63, 3.8) is 0 Å². The Bertz CT molecular complexity index is 231. The standard InChI is InChI=1S/2C9H19N/c2*1-8(2)6-5-7-9(3)10-4/h2*6,9-10H,5,7H2,1-4H3. The van der Waals surface area contributed by atoms with Gasteiger partial charge in [-0.15, -0.1) is 0 Å². The third-order valence-electron chi connectivity index (χ3n) is 3.29. The molecule has 2 N–H and O–H groups in total. The molecule has 0 spiro atoms. The van der Waals surface area contributed by atoms with E-state index in [9.17, 15) is 0 Å². The second-order valence-corrected chi connectivity index (χ2v) is 6.10. The summed E-state index contributed by atoms with van der Waals surface area (Å²) in [4.78, 5) is 0. The molecule has 0 saturated heterocycles. The van der Waals surface area contributed by atoms with Crippen LogP contribution in [0.2, 0.25) is 0 Å². The largest absolute Gasteiger partial charge is 0.317 e. The molecule has 120 valence electrons. The third-order valence-corrected chi connectivity index (χ3v) is 3.29. The van der Waals surface area contributed by atoms with Gasteiger partial charge >= 0.3 is 0 Å². The van der Waals surface area contributed by atoms with Gasteiger partial charge < -0.3 is 10.6 Å². The maximum absolute atomic E-state index is 3.21. The summed E-state index contributed by atoms with van der Waals surface area (Å²) in [5.41, 5.74) is 2.84. The monoisotopic (exact) mass is 282 g/mol. The maximum atomic E-state index is 3.21. The lowest BCUT2D eigenvalue weighted by Gasteiger charge is -2.06. The van der Waals surface area contributed by atoms with E-state index in [-0.39, 0.29) is 0 Å². The summed E-state index contributed by atoms with van der Waals surface area (Å²) >= 11 is 0. The van der Waals surface area contributed by atoms with E-state index in [0.29, 0.717) is 12.1 Å². The molecule has 0 aromatic rings. The molecule has 0 aromatic carbocycles. The van der Waals surface area contributed by atoms with Crippen LogP contribution in [0.3, 0.4) is 0 Å². The Morgan fingerprint density at radius 2 is 1.05 bits per heavy atom. The molecule has 0 aromatic heterocycles. The van der Waals surface area contributed by atoms with Gasteiger partial charge in [-0.2, -0.15) is 0 Å². The van der Waals surface area contributed by atoms with E-state index >= 15 is 0 Å². The van der Waals surface area contributed by atoms with Gasteiger partial charge in [0.15, 0.2) is 0 Å². The summed E-state index contributed by atoms with van der Waals surface area (Å²) in [7, 11) is 4.01. The molecular formula is C18H38N2. The van der Waals surface area contributed by atoms with Crippen LogP contribution in [0.25, 0.3) is 0 Å². The zero-order valence-corrected chi connectivity index (χ0v) is 15.1. The van der Waals surface area contributed by atoms with Crippen LogP contribution in [0, 0.1) is 0 Å². The van der Waals surface area contributed by atoms with E-state index < -0.39 is 0 Å². The minimum Gasteiger partial charge on any atom is -0.317 e. The highest BCUT2D eigenvalue weighted by atomic mass is 14.8. The van der Waals surface area contributed by atoms with E-state index in [2.05, 4.69) is 64.3 Å². The first-order chi connectivity index (χ1) is 9.33. The van der Waals surface area contributed by atoms with Gasteiger partial charge in [-0.1, -0.05) is 23.3 Å². The van der Waals surface area contributed by atoms with Gasteiger partial charge in [-0.3, -0.25) is 0 Å². The summed E-state index contributed by atoms with van der Waals surface area (Å²) in [5.74, 6) is 0. The zero-order valence-electron chi connectivity index (χ0n) is 15.1. The number of hydrogen-bond donors (Lipinski definition) is 2. The number of nitrogens with one attached hydrogen (secondary N) is 2. The fourth-order valence-corrected chi connectivity index (χ4v) is 1.53. The van der Waals surface area contributed by atoms with Gasteiger partial charge in [-0.25, -0.2) is 0 Å². The van der Waals surface area contributed by atoms with Gasteiger partial charge in [0.25, 0.3) is 0 Å². The van der Waals surface area contributed by atoms with Crippen LogP contribution in [0.15, 0.2) is 23.3 Å². The van der Waals surface area contributed by atoms with E-state index in [0.717, 1.165) is 0 Å². The molecule has 0 aliphatic heterocycles. The Kier molecular flexibility index (Phi) is 16.1. The van der Waals surface area contributed by atoms with Crippen LogP contribution in [0.1, 0.15) is 67.2 Å². The van der Waals surface area contributed by atoms with Crippen LogP contribution in [-0.4, -0.2) is 26.2 Å².